The summed E-state index contributed by atoms with van der Waals surface area (Å²) in [7, 11) is 1.54. The topological polar surface area (TPSA) is 64.8 Å². The van der Waals surface area contributed by atoms with Crippen LogP contribution in [0, 0.1) is 6.92 Å². The third-order valence-electron chi connectivity index (χ3n) is 4.76. The first kappa shape index (κ1) is 20.4. The number of methoxy groups -OCH3 is 1. The largest absolute Gasteiger partial charge is 0.573 e. The van der Waals surface area contributed by atoms with Gasteiger partial charge in [-0.15, -0.1) is 24.9 Å². The van der Waals surface area contributed by atoms with Gasteiger partial charge in [0.25, 0.3) is 0 Å². The number of nitrogens with zero attached hydrogens (tertiary/aromatic N) is 2. The average Bonchev–Trinajstić information content (AvgIpc) is 3.24. The molecule has 1 atom stereocenters. The Labute approximate surface area is 173 Å². The van der Waals surface area contributed by atoms with Crippen molar-refractivity contribution in [2.45, 2.75) is 25.2 Å². The SMILES string of the molecule is COc1ccc2c(C)noc2c1C1SCC(=O)N1Cc1ccc(OC(F)(F)F)cc1. The summed E-state index contributed by atoms with van der Waals surface area (Å²) in [5.41, 5.74) is 2.67. The van der Waals surface area contributed by atoms with Crippen LogP contribution in [0.5, 0.6) is 11.5 Å². The zero-order chi connectivity index (χ0) is 21.5. The van der Waals surface area contributed by atoms with Gasteiger partial charge in [0.15, 0.2) is 5.58 Å². The van der Waals surface area contributed by atoms with E-state index >= 15 is 0 Å². The van der Waals surface area contributed by atoms with E-state index in [1.807, 2.05) is 19.1 Å². The Kier molecular flexibility index (Phi) is 5.27. The molecule has 0 spiro atoms. The van der Waals surface area contributed by atoms with Crippen LogP contribution in [0.15, 0.2) is 40.9 Å². The molecular formula is C20H17F3N2O4S. The molecule has 0 N–H and O–H groups in total. The van der Waals surface area contributed by atoms with Gasteiger partial charge in [-0.05, 0) is 36.8 Å². The van der Waals surface area contributed by atoms with Crippen LogP contribution in [0.3, 0.4) is 0 Å². The van der Waals surface area contributed by atoms with Crippen molar-refractivity contribution in [1.82, 2.24) is 10.1 Å². The summed E-state index contributed by atoms with van der Waals surface area (Å²) in [5, 5.41) is 4.47. The summed E-state index contributed by atoms with van der Waals surface area (Å²) in [6.07, 6.45) is -4.75. The van der Waals surface area contributed by atoms with E-state index in [1.54, 1.807) is 12.0 Å². The molecule has 0 saturated carbocycles. The summed E-state index contributed by atoms with van der Waals surface area (Å²) < 4.78 is 52.0. The number of hydrogen-bond donors (Lipinski definition) is 0. The molecule has 1 aliphatic rings. The molecule has 4 rings (SSSR count). The summed E-state index contributed by atoms with van der Waals surface area (Å²) in [6.45, 7) is 2.05. The van der Waals surface area contributed by atoms with Crippen molar-refractivity contribution in [2.24, 2.45) is 0 Å². The third-order valence-corrected chi connectivity index (χ3v) is 5.98. The molecule has 30 heavy (non-hydrogen) atoms. The lowest BCUT2D eigenvalue weighted by Gasteiger charge is -2.25. The van der Waals surface area contributed by atoms with Crippen LogP contribution in [0.1, 0.15) is 22.2 Å². The van der Waals surface area contributed by atoms with Crippen molar-refractivity contribution in [3.05, 3.63) is 53.2 Å². The average molecular weight is 438 g/mol. The number of aromatic nitrogens is 1. The smallest absolute Gasteiger partial charge is 0.496 e. The fraction of sp³-hybridized carbons (Fsp3) is 0.300. The fourth-order valence-corrected chi connectivity index (χ4v) is 4.63. The van der Waals surface area contributed by atoms with Crippen LogP contribution in [0.25, 0.3) is 11.0 Å². The zero-order valence-electron chi connectivity index (χ0n) is 16.0. The fourth-order valence-electron chi connectivity index (χ4n) is 3.40. The van der Waals surface area contributed by atoms with Crippen molar-refractivity contribution in [3.8, 4) is 11.5 Å². The number of amides is 1. The number of rotatable bonds is 5. The van der Waals surface area contributed by atoms with Crippen molar-refractivity contribution >= 4 is 28.6 Å². The number of hydrogen-bond acceptors (Lipinski definition) is 6. The standard InChI is InChI=1S/C20H17F3N2O4S/c1-11-14-7-8-15(27-2)17(18(14)29-24-11)19-25(16(26)10-30-19)9-12-3-5-13(6-4-12)28-20(21,22)23/h3-8,19H,9-10H2,1-2H3. The van der Waals surface area contributed by atoms with Crippen molar-refractivity contribution < 1.29 is 32.0 Å². The predicted octanol–water partition coefficient (Wildman–Crippen LogP) is 4.82. The van der Waals surface area contributed by atoms with Crippen LogP contribution in [0.4, 0.5) is 13.2 Å². The molecule has 1 fully saturated rings. The Morgan fingerprint density at radius 1 is 1.23 bits per heavy atom. The highest BCUT2D eigenvalue weighted by atomic mass is 32.2. The number of carbonyl (C=O) groups excluding carboxylic acids is 1. The molecule has 2 aromatic carbocycles. The second-order valence-electron chi connectivity index (χ2n) is 6.70. The first-order valence-corrected chi connectivity index (χ1v) is 10.0. The highest BCUT2D eigenvalue weighted by Crippen LogP contribution is 2.46. The van der Waals surface area contributed by atoms with E-state index in [0.717, 1.165) is 11.1 Å². The molecular weight excluding hydrogens is 421 g/mol. The van der Waals surface area contributed by atoms with Gasteiger partial charge < -0.3 is 18.9 Å². The van der Waals surface area contributed by atoms with Crippen LogP contribution >= 0.6 is 11.8 Å². The zero-order valence-corrected chi connectivity index (χ0v) is 16.8. The van der Waals surface area contributed by atoms with Gasteiger partial charge in [-0.25, -0.2) is 0 Å². The van der Waals surface area contributed by atoms with Crippen LogP contribution < -0.4 is 9.47 Å². The number of benzene rings is 2. The number of halogens is 3. The molecule has 0 aliphatic carbocycles. The molecule has 1 aliphatic heterocycles. The minimum absolute atomic E-state index is 0.0871. The van der Waals surface area contributed by atoms with Crippen molar-refractivity contribution in [2.75, 3.05) is 12.9 Å². The van der Waals surface area contributed by atoms with E-state index in [2.05, 4.69) is 9.89 Å². The van der Waals surface area contributed by atoms with E-state index in [4.69, 9.17) is 9.26 Å². The number of alkyl halides is 3. The molecule has 1 unspecified atom stereocenters. The van der Waals surface area contributed by atoms with Gasteiger partial charge in [0, 0.05) is 11.9 Å². The predicted molar refractivity (Wildman–Crippen MR) is 104 cm³/mol. The van der Waals surface area contributed by atoms with Gasteiger partial charge in [-0.3, -0.25) is 4.79 Å². The second-order valence-corrected chi connectivity index (χ2v) is 7.77. The van der Waals surface area contributed by atoms with E-state index in [0.29, 0.717) is 22.5 Å². The molecule has 0 bridgehead atoms. The summed E-state index contributed by atoms with van der Waals surface area (Å²) in [4.78, 5) is 14.3. The molecule has 1 saturated heterocycles. The minimum Gasteiger partial charge on any atom is -0.496 e. The molecule has 1 amide bonds. The van der Waals surface area contributed by atoms with E-state index < -0.39 is 6.36 Å². The van der Waals surface area contributed by atoms with Gasteiger partial charge in [-0.1, -0.05) is 17.3 Å². The summed E-state index contributed by atoms with van der Waals surface area (Å²) >= 11 is 1.43. The molecule has 1 aromatic heterocycles. The monoisotopic (exact) mass is 438 g/mol. The lowest BCUT2D eigenvalue weighted by molar-refractivity contribution is -0.274. The van der Waals surface area contributed by atoms with E-state index in [1.165, 1.54) is 36.0 Å². The summed E-state index contributed by atoms with van der Waals surface area (Å²) in [6, 6.07) is 9.14. The van der Waals surface area contributed by atoms with Gasteiger partial charge in [-0.2, -0.15) is 0 Å². The third kappa shape index (κ3) is 3.91. The molecule has 2 heterocycles. The number of carbonyl (C=O) groups is 1. The maximum atomic E-state index is 12.6. The Morgan fingerprint density at radius 2 is 1.97 bits per heavy atom. The Hall–Kier alpha value is -2.88. The minimum atomic E-state index is -4.75. The van der Waals surface area contributed by atoms with Gasteiger partial charge >= 0.3 is 6.36 Å². The Balaban J connectivity index is 1.65. The quantitative estimate of drug-likeness (QED) is 0.569. The number of thioether (sulfide) groups is 1. The van der Waals surface area contributed by atoms with Crippen molar-refractivity contribution in [3.63, 3.8) is 0 Å². The molecule has 3 aromatic rings. The lowest BCUT2D eigenvalue weighted by atomic mass is 10.1. The van der Waals surface area contributed by atoms with Crippen LogP contribution in [0.2, 0.25) is 0 Å². The first-order valence-electron chi connectivity index (χ1n) is 8.95. The maximum absolute atomic E-state index is 12.6. The molecule has 158 valence electrons. The van der Waals surface area contributed by atoms with Crippen LogP contribution in [-0.2, 0) is 11.3 Å². The number of aryl methyl sites for hydroxylation is 1. The molecule has 10 heteroatoms. The lowest BCUT2D eigenvalue weighted by Crippen LogP contribution is -2.28. The number of fused-ring (bicyclic) bond motifs is 1. The molecule has 6 nitrogen and oxygen atoms in total. The van der Waals surface area contributed by atoms with Gasteiger partial charge in [0.05, 0.1) is 24.1 Å². The highest BCUT2D eigenvalue weighted by molar-refractivity contribution is 8.00. The Bertz CT molecular complexity index is 1080. The number of ether oxygens (including phenoxy) is 2. The summed E-state index contributed by atoms with van der Waals surface area (Å²) in [5.74, 6) is 0.446. The molecule has 0 radical (unpaired) electrons. The Morgan fingerprint density at radius 3 is 2.63 bits per heavy atom. The second kappa shape index (κ2) is 7.75. The van der Waals surface area contributed by atoms with Gasteiger partial charge in [0.2, 0.25) is 5.91 Å². The van der Waals surface area contributed by atoms with Crippen molar-refractivity contribution in [1.29, 1.82) is 0 Å². The highest BCUT2D eigenvalue weighted by Gasteiger charge is 2.37. The van der Waals surface area contributed by atoms with E-state index in [9.17, 15) is 18.0 Å². The normalized spacial score (nSPS) is 17.0. The maximum Gasteiger partial charge on any atom is 0.573 e. The van der Waals surface area contributed by atoms with Gasteiger partial charge in [0.1, 0.15) is 16.9 Å². The first-order chi connectivity index (χ1) is 14.3. The van der Waals surface area contributed by atoms with Crippen LogP contribution in [-0.4, -0.2) is 35.2 Å². The van der Waals surface area contributed by atoms with E-state index in [-0.39, 0.29) is 29.3 Å².